The summed E-state index contributed by atoms with van der Waals surface area (Å²) >= 11 is 0. The van der Waals surface area contributed by atoms with Crippen LogP contribution in [0.25, 0.3) is 22.3 Å². The van der Waals surface area contributed by atoms with E-state index in [1.165, 1.54) is 29.5 Å². The maximum Gasteiger partial charge on any atom is 0.112 e. The first-order chi connectivity index (χ1) is 11.1. The number of H-pyrrole nitrogens is 2. The number of hydrogen-bond donors (Lipinski definition) is 3. The predicted octanol–water partition coefficient (Wildman–Crippen LogP) is 4.50. The largest absolute Gasteiger partial charge is 0.388 e. The number of anilines is 1. The highest BCUT2D eigenvalue weighted by molar-refractivity contribution is 5.88. The van der Waals surface area contributed by atoms with Crippen LogP contribution in [0.15, 0.2) is 24.3 Å². The van der Waals surface area contributed by atoms with Crippen molar-refractivity contribution in [3.05, 3.63) is 35.5 Å². The Hall–Kier alpha value is -2.23. The zero-order valence-electron chi connectivity index (χ0n) is 14.1. The number of nitrogens with one attached hydrogen (secondary N) is 3. The standard InChI is InChI=1S/C19H24N4/c1-4-19(2)8-7-14-17(11-19)22-23-18(14)16-9-12-5-6-13(20-3)10-15(12)21-16/h5-6,9-10,20-21H,4,7-8,11H2,1-3H3,(H,22,23). The Labute approximate surface area is 136 Å². The lowest BCUT2D eigenvalue weighted by Crippen LogP contribution is -2.24. The van der Waals surface area contributed by atoms with Gasteiger partial charge in [-0.1, -0.05) is 26.3 Å². The second kappa shape index (κ2) is 5.15. The van der Waals surface area contributed by atoms with Crippen molar-refractivity contribution in [2.45, 2.75) is 39.5 Å². The molecule has 0 radical (unpaired) electrons. The molecule has 0 bridgehead atoms. The van der Waals surface area contributed by atoms with Crippen LogP contribution >= 0.6 is 0 Å². The fourth-order valence-corrected chi connectivity index (χ4v) is 3.69. The third kappa shape index (κ3) is 2.33. The van der Waals surface area contributed by atoms with E-state index in [0.717, 1.165) is 35.4 Å². The summed E-state index contributed by atoms with van der Waals surface area (Å²) in [7, 11) is 1.94. The summed E-state index contributed by atoms with van der Waals surface area (Å²) < 4.78 is 0. The molecule has 2 aromatic heterocycles. The van der Waals surface area contributed by atoms with Gasteiger partial charge in [-0.15, -0.1) is 0 Å². The number of fused-ring (bicyclic) bond motifs is 2. The topological polar surface area (TPSA) is 56.5 Å². The Morgan fingerprint density at radius 1 is 1.30 bits per heavy atom. The monoisotopic (exact) mass is 308 g/mol. The molecular formula is C19H24N4. The van der Waals surface area contributed by atoms with Gasteiger partial charge in [-0.05, 0) is 42.9 Å². The summed E-state index contributed by atoms with van der Waals surface area (Å²) in [6.07, 6.45) is 4.69. The first-order valence-corrected chi connectivity index (χ1v) is 8.49. The highest BCUT2D eigenvalue weighted by Crippen LogP contribution is 2.40. The van der Waals surface area contributed by atoms with Crippen molar-refractivity contribution in [1.29, 1.82) is 0 Å². The Bertz CT molecular complexity index is 858. The maximum atomic E-state index is 4.63. The van der Waals surface area contributed by atoms with E-state index >= 15 is 0 Å². The van der Waals surface area contributed by atoms with Gasteiger partial charge < -0.3 is 10.3 Å². The summed E-state index contributed by atoms with van der Waals surface area (Å²) in [5.74, 6) is 0. The molecule has 4 nitrogen and oxygen atoms in total. The van der Waals surface area contributed by atoms with Crippen LogP contribution in [-0.4, -0.2) is 22.2 Å². The lowest BCUT2D eigenvalue weighted by Gasteiger charge is -2.32. The maximum absolute atomic E-state index is 4.63. The average molecular weight is 308 g/mol. The molecule has 4 heteroatoms. The first-order valence-electron chi connectivity index (χ1n) is 8.49. The van der Waals surface area contributed by atoms with Gasteiger partial charge in [-0.25, -0.2) is 0 Å². The molecule has 0 saturated heterocycles. The van der Waals surface area contributed by atoms with Gasteiger partial charge in [0.25, 0.3) is 0 Å². The van der Waals surface area contributed by atoms with Crippen molar-refractivity contribution in [2.24, 2.45) is 5.41 Å². The second-order valence-corrected chi connectivity index (χ2v) is 7.11. The van der Waals surface area contributed by atoms with E-state index < -0.39 is 0 Å². The Morgan fingerprint density at radius 3 is 2.96 bits per heavy atom. The number of aromatic amines is 2. The average Bonchev–Trinajstić information content (AvgIpc) is 3.16. The van der Waals surface area contributed by atoms with Crippen molar-refractivity contribution in [1.82, 2.24) is 15.2 Å². The van der Waals surface area contributed by atoms with Crippen LogP contribution in [0.3, 0.4) is 0 Å². The van der Waals surface area contributed by atoms with Gasteiger partial charge in [0.1, 0.15) is 5.69 Å². The minimum absolute atomic E-state index is 0.416. The van der Waals surface area contributed by atoms with Gasteiger partial charge in [0.15, 0.2) is 0 Å². The van der Waals surface area contributed by atoms with Gasteiger partial charge in [0.2, 0.25) is 0 Å². The van der Waals surface area contributed by atoms with E-state index in [-0.39, 0.29) is 0 Å². The van der Waals surface area contributed by atoms with Crippen molar-refractivity contribution < 1.29 is 0 Å². The molecule has 3 aromatic rings. The zero-order chi connectivity index (χ0) is 16.0. The third-order valence-electron chi connectivity index (χ3n) is 5.55. The van der Waals surface area contributed by atoms with Crippen LogP contribution in [0.1, 0.15) is 37.9 Å². The first kappa shape index (κ1) is 14.4. The number of aromatic nitrogens is 3. The number of nitrogens with zero attached hydrogens (tertiary/aromatic N) is 1. The fourth-order valence-electron chi connectivity index (χ4n) is 3.69. The number of hydrogen-bond acceptors (Lipinski definition) is 2. The summed E-state index contributed by atoms with van der Waals surface area (Å²) in [6, 6.07) is 8.60. The smallest absolute Gasteiger partial charge is 0.112 e. The van der Waals surface area contributed by atoms with E-state index in [9.17, 15) is 0 Å². The van der Waals surface area contributed by atoms with Crippen LogP contribution in [0.2, 0.25) is 0 Å². The van der Waals surface area contributed by atoms with Gasteiger partial charge in [-0.3, -0.25) is 5.10 Å². The molecule has 0 aliphatic heterocycles. The van der Waals surface area contributed by atoms with Crippen molar-refractivity contribution in [3.8, 4) is 11.4 Å². The zero-order valence-corrected chi connectivity index (χ0v) is 14.1. The van der Waals surface area contributed by atoms with Gasteiger partial charge in [0, 0.05) is 34.9 Å². The van der Waals surface area contributed by atoms with Crippen LogP contribution in [-0.2, 0) is 12.8 Å². The molecule has 0 spiro atoms. The molecule has 0 fully saturated rings. The lowest BCUT2D eigenvalue weighted by atomic mass is 9.73. The third-order valence-corrected chi connectivity index (χ3v) is 5.55. The highest BCUT2D eigenvalue weighted by Gasteiger charge is 2.31. The molecule has 0 saturated carbocycles. The second-order valence-electron chi connectivity index (χ2n) is 7.11. The summed E-state index contributed by atoms with van der Waals surface area (Å²) in [5, 5.41) is 12.3. The summed E-state index contributed by atoms with van der Waals surface area (Å²) in [5.41, 5.74) is 7.62. The fraction of sp³-hybridized carbons (Fsp3) is 0.421. The van der Waals surface area contributed by atoms with E-state index in [0.29, 0.717) is 5.41 Å². The van der Waals surface area contributed by atoms with Crippen LogP contribution in [0.4, 0.5) is 5.69 Å². The summed E-state index contributed by atoms with van der Waals surface area (Å²) in [6.45, 7) is 4.68. The number of rotatable bonds is 3. The SMILES string of the molecule is CCC1(C)CCc2c(-c3cc4ccc(NC)cc4[nH]3)n[nH]c2C1. The molecule has 0 amide bonds. The Morgan fingerprint density at radius 2 is 2.17 bits per heavy atom. The van der Waals surface area contributed by atoms with Gasteiger partial charge in [0.05, 0.1) is 5.69 Å². The molecular weight excluding hydrogens is 284 g/mol. The van der Waals surface area contributed by atoms with Gasteiger partial charge in [-0.2, -0.15) is 5.10 Å². The normalized spacial score (nSPS) is 20.7. The van der Waals surface area contributed by atoms with E-state index in [1.807, 2.05) is 7.05 Å². The quantitative estimate of drug-likeness (QED) is 0.667. The molecule has 120 valence electrons. The molecule has 3 N–H and O–H groups in total. The Balaban J connectivity index is 1.75. The van der Waals surface area contributed by atoms with Crippen molar-refractivity contribution in [3.63, 3.8) is 0 Å². The van der Waals surface area contributed by atoms with Crippen LogP contribution in [0, 0.1) is 5.41 Å². The molecule has 1 atom stereocenters. The molecule has 1 unspecified atom stereocenters. The molecule has 1 aliphatic carbocycles. The summed E-state index contributed by atoms with van der Waals surface area (Å²) in [4.78, 5) is 3.54. The molecule has 1 aliphatic rings. The highest BCUT2D eigenvalue weighted by atomic mass is 15.1. The van der Waals surface area contributed by atoms with Gasteiger partial charge >= 0.3 is 0 Å². The lowest BCUT2D eigenvalue weighted by molar-refractivity contribution is 0.265. The molecule has 2 heterocycles. The number of benzene rings is 1. The van der Waals surface area contributed by atoms with E-state index in [4.69, 9.17) is 0 Å². The molecule has 1 aromatic carbocycles. The van der Waals surface area contributed by atoms with Crippen LogP contribution in [0.5, 0.6) is 0 Å². The van der Waals surface area contributed by atoms with Crippen LogP contribution < -0.4 is 5.32 Å². The minimum atomic E-state index is 0.416. The van der Waals surface area contributed by atoms with E-state index in [1.54, 1.807) is 0 Å². The molecule has 4 rings (SSSR count). The Kier molecular flexibility index (Phi) is 3.22. The predicted molar refractivity (Wildman–Crippen MR) is 95.9 cm³/mol. The molecule has 23 heavy (non-hydrogen) atoms. The van der Waals surface area contributed by atoms with Crippen molar-refractivity contribution in [2.75, 3.05) is 12.4 Å². The minimum Gasteiger partial charge on any atom is -0.388 e. The van der Waals surface area contributed by atoms with E-state index in [2.05, 4.69) is 58.6 Å². The van der Waals surface area contributed by atoms with Crippen molar-refractivity contribution >= 4 is 16.6 Å².